The van der Waals surface area contributed by atoms with Crippen molar-refractivity contribution in [2.75, 3.05) is 7.11 Å². The summed E-state index contributed by atoms with van der Waals surface area (Å²) in [5.41, 5.74) is 2.28. The van der Waals surface area contributed by atoms with Gasteiger partial charge in [0.1, 0.15) is 5.82 Å². The van der Waals surface area contributed by atoms with Crippen molar-refractivity contribution in [2.24, 2.45) is 0 Å². The first-order valence-electron chi connectivity index (χ1n) is 7.71. The van der Waals surface area contributed by atoms with E-state index in [1.807, 2.05) is 6.07 Å². The predicted molar refractivity (Wildman–Crippen MR) is 96.9 cm³/mol. The number of methoxy groups -OCH3 is 1. The monoisotopic (exact) mass is 438 g/mol. The zero-order valence-corrected chi connectivity index (χ0v) is 15.3. The molecule has 3 nitrogen and oxygen atoms in total. The van der Waals surface area contributed by atoms with E-state index in [0.29, 0.717) is 29.5 Å². The summed E-state index contributed by atoms with van der Waals surface area (Å²) in [5, 5.41) is 0. The van der Waals surface area contributed by atoms with Crippen molar-refractivity contribution in [1.29, 1.82) is 0 Å². The van der Waals surface area contributed by atoms with Gasteiger partial charge in [-0.1, -0.05) is 12.1 Å². The van der Waals surface area contributed by atoms with Crippen LogP contribution in [0.3, 0.4) is 0 Å². The number of hydrogen-bond donors (Lipinski definition) is 0. The Bertz CT molecular complexity index is 816. The van der Waals surface area contributed by atoms with E-state index in [1.54, 1.807) is 24.3 Å². The lowest BCUT2D eigenvalue weighted by molar-refractivity contribution is 0.0600. The topological polar surface area (TPSA) is 43.4 Å². The van der Waals surface area contributed by atoms with Crippen LogP contribution in [-0.2, 0) is 11.2 Å². The summed E-state index contributed by atoms with van der Waals surface area (Å²) in [6.45, 7) is 0. The van der Waals surface area contributed by atoms with Crippen molar-refractivity contribution in [3.8, 4) is 0 Å². The summed E-state index contributed by atoms with van der Waals surface area (Å²) < 4.78 is 19.8. The number of ether oxygens (including phenoxy) is 1. The average molecular weight is 438 g/mol. The summed E-state index contributed by atoms with van der Waals surface area (Å²) in [5.74, 6) is -1.32. The molecule has 2 aromatic rings. The van der Waals surface area contributed by atoms with Gasteiger partial charge in [-0.25, -0.2) is 9.18 Å². The number of hydrogen-bond acceptors (Lipinski definition) is 3. The van der Waals surface area contributed by atoms with Crippen molar-refractivity contribution in [3.05, 3.63) is 68.0 Å². The number of halogens is 2. The SMILES string of the molecule is COC(=O)c1ccc2c(c1)CCCC(c1ccc(I)cc1F)C2=O. The van der Waals surface area contributed by atoms with Crippen molar-refractivity contribution in [2.45, 2.75) is 25.2 Å². The Hall–Kier alpha value is -1.76. The summed E-state index contributed by atoms with van der Waals surface area (Å²) in [4.78, 5) is 24.6. The Morgan fingerprint density at radius 3 is 2.75 bits per heavy atom. The number of fused-ring (bicyclic) bond motifs is 1. The fourth-order valence-corrected chi connectivity index (χ4v) is 3.64. The van der Waals surface area contributed by atoms with Gasteiger partial charge in [0.25, 0.3) is 0 Å². The van der Waals surface area contributed by atoms with E-state index in [-0.39, 0.29) is 11.6 Å². The van der Waals surface area contributed by atoms with E-state index in [2.05, 4.69) is 22.6 Å². The molecule has 124 valence electrons. The van der Waals surface area contributed by atoms with Gasteiger partial charge in [0.05, 0.1) is 18.6 Å². The minimum absolute atomic E-state index is 0.0842. The zero-order valence-electron chi connectivity index (χ0n) is 13.1. The normalized spacial score (nSPS) is 17.1. The highest BCUT2D eigenvalue weighted by Crippen LogP contribution is 2.33. The van der Waals surface area contributed by atoms with Gasteiger partial charge in [0, 0.05) is 9.13 Å². The molecular weight excluding hydrogens is 422 g/mol. The number of ketones is 1. The largest absolute Gasteiger partial charge is 0.465 e. The van der Waals surface area contributed by atoms with E-state index < -0.39 is 11.9 Å². The first kappa shape index (κ1) is 17.1. The van der Waals surface area contributed by atoms with Crippen LogP contribution in [0.2, 0.25) is 0 Å². The van der Waals surface area contributed by atoms with E-state index in [9.17, 15) is 14.0 Å². The second-order valence-electron chi connectivity index (χ2n) is 5.84. The molecular formula is C19H16FIO3. The molecule has 0 aliphatic heterocycles. The molecule has 0 saturated carbocycles. The standard InChI is InChI=1S/C19H16FIO3/c1-24-19(23)12-5-7-14-11(9-12)3-2-4-16(18(14)22)15-8-6-13(21)10-17(15)20/h5-10,16H,2-4H2,1H3. The van der Waals surface area contributed by atoms with Crippen molar-refractivity contribution < 1.29 is 18.7 Å². The van der Waals surface area contributed by atoms with Gasteiger partial charge in [-0.15, -0.1) is 0 Å². The maximum Gasteiger partial charge on any atom is 0.337 e. The number of carbonyl (C=O) groups excluding carboxylic acids is 2. The van der Waals surface area contributed by atoms with Crippen LogP contribution >= 0.6 is 22.6 Å². The summed E-state index contributed by atoms with van der Waals surface area (Å²) in [6.07, 6.45) is 2.05. The number of carbonyl (C=O) groups is 2. The minimum atomic E-state index is -0.479. The molecule has 0 radical (unpaired) electrons. The molecule has 1 atom stereocenters. The smallest absolute Gasteiger partial charge is 0.337 e. The third kappa shape index (κ3) is 3.22. The molecule has 2 aromatic carbocycles. The van der Waals surface area contributed by atoms with Crippen molar-refractivity contribution in [3.63, 3.8) is 0 Å². The van der Waals surface area contributed by atoms with Crippen LogP contribution < -0.4 is 0 Å². The Kier molecular flexibility index (Phi) is 4.99. The lowest BCUT2D eigenvalue weighted by Gasteiger charge is -2.15. The van der Waals surface area contributed by atoms with Crippen molar-refractivity contribution in [1.82, 2.24) is 0 Å². The fourth-order valence-electron chi connectivity index (χ4n) is 3.18. The second kappa shape index (κ2) is 7.01. The molecule has 0 N–H and O–H groups in total. The van der Waals surface area contributed by atoms with Gasteiger partial charge >= 0.3 is 5.97 Å². The Balaban J connectivity index is 2.00. The zero-order chi connectivity index (χ0) is 17.3. The van der Waals surface area contributed by atoms with Gasteiger partial charge in [-0.2, -0.15) is 0 Å². The lowest BCUT2D eigenvalue weighted by Crippen LogP contribution is -2.14. The Morgan fingerprint density at radius 1 is 1.25 bits per heavy atom. The molecule has 1 aliphatic carbocycles. The number of Topliss-reactive ketones (excluding diaryl/α,β-unsaturated/α-hetero) is 1. The number of rotatable bonds is 2. The van der Waals surface area contributed by atoms with Gasteiger partial charge < -0.3 is 4.74 Å². The summed E-state index contributed by atoms with van der Waals surface area (Å²) in [6, 6.07) is 9.94. The molecule has 3 rings (SSSR count). The van der Waals surface area contributed by atoms with Gasteiger partial charge in [0.15, 0.2) is 5.78 Å². The van der Waals surface area contributed by atoms with Crippen molar-refractivity contribution >= 4 is 34.3 Å². The highest BCUT2D eigenvalue weighted by Gasteiger charge is 2.29. The van der Waals surface area contributed by atoms with Gasteiger partial charge in [-0.3, -0.25) is 4.79 Å². The number of esters is 1. The molecule has 1 unspecified atom stereocenters. The highest BCUT2D eigenvalue weighted by molar-refractivity contribution is 14.1. The van der Waals surface area contributed by atoms with Crippen LogP contribution in [0.1, 0.15) is 50.6 Å². The Morgan fingerprint density at radius 2 is 2.04 bits per heavy atom. The number of aryl methyl sites for hydroxylation is 1. The first-order chi connectivity index (χ1) is 11.5. The minimum Gasteiger partial charge on any atom is -0.465 e. The van der Waals surface area contributed by atoms with Crippen LogP contribution in [0, 0.1) is 9.39 Å². The maximum absolute atomic E-state index is 14.3. The van der Waals surface area contributed by atoms with Crippen LogP contribution in [0.4, 0.5) is 4.39 Å². The molecule has 5 heteroatoms. The molecule has 24 heavy (non-hydrogen) atoms. The van der Waals surface area contributed by atoms with Gasteiger partial charge in [-0.05, 0) is 77.2 Å². The predicted octanol–water partition coefficient (Wildman–Crippen LogP) is 4.52. The highest BCUT2D eigenvalue weighted by atomic mass is 127. The molecule has 0 spiro atoms. The fraction of sp³-hybridized carbons (Fsp3) is 0.263. The third-order valence-corrected chi connectivity index (χ3v) is 5.06. The second-order valence-corrected chi connectivity index (χ2v) is 7.08. The molecule has 0 heterocycles. The molecule has 0 aromatic heterocycles. The van der Waals surface area contributed by atoms with E-state index in [0.717, 1.165) is 15.6 Å². The quantitative estimate of drug-likeness (QED) is 0.394. The average Bonchev–Trinajstić information content (AvgIpc) is 2.73. The summed E-state index contributed by atoms with van der Waals surface area (Å²) >= 11 is 2.05. The van der Waals surface area contributed by atoms with Gasteiger partial charge in [0.2, 0.25) is 0 Å². The number of benzene rings is 2. The molecule has 0 amide bonds. The van der Waals surface area contributed by atoms with Crippen LogP contribution in [-0.4, -0.2) is 18.9 Å². The first-order valence-corrected chi connectivity index (χ1v) is 8.79. The molecule has 0 saturated heterocycles. The Labute approximate surface area is 153 Å². The van der Waals surface area contributed by atoms with Crippen LogP contribution in [0.25, 0.3) is 0 Å². The third-order valence-electron chi connectivity index (χ3n) is 4.39. The molecule has 1 aliphatic rings. The van der Waals surface area contributed by atoms with Crippen LogP contribution in [0.15, 0.2) is 36.4 Å². The van der Waals surface area contributed by atoms with E-state index >= 15 is 0 Å². The van der Waals surface area contributed by atoms with E-state index in [4.69, 9.17) is 4.74 Å². The molecule has 0 fully saturated rings. The van der Waals surface area contributed by atoms with E-state index in [1.165, 1.54) is 13.2 Å². The lowest BCUT2D eigenvalue weighted by atomic mass is 9.88. The summed E-state index contributed by atoms with van der Waals surface area (Å²) in [7, 11) is 1.33. The van der Waals surface area contributed by atoms with Crippen LogP contribution in [0.5, 0.6) is 0 Å². The molecule has 0 bridgehead atoms. The maximum atomic E-state index is 14.3.